The zero-order chi connectivity index (χ0) is 19.2. The average molecular weight is 384 g/mol. The highest BCUT2D eigenvalue weighted by atomic mass is 35.5. The Hall–Kier alpha value is -2.79. The van der Waals surface area contributed by atoms with Crippen molar-refractivity contribution in [1.82, 2.24) is 15.2 Å². The van der Waals surface area contributed by atoms with Crippen LogP contribution >= 0.6 is 11.6 Å². The molecule has 0 saturated carbocycles. The van der Waals surface area contributed by atoms with Crippen LogP contribution in [0.1, 0.15) is 18.1 Å². The molecule has 0 radical (unpaired) electrons. The number of nitrogens with one attached hydrogen (secondary N) is 2. The Bertz CT molecular complexity index is 951. The van der Waals surface area contributed by atoms with Gasteiger partial charge in [-0.1, -0.05) is 48.0 Å². The van der Waals surface area contributed by atoms with Crippen molar-refractivity contribution in [3.63, 3.8) is 0 Å². The van der Waals surface area contributed by atoms with Gasteiger partial charge in [0.15, 0.2) is 0 Å². The largest absolute Gasteiger partial charge is 0.361 e. The molecule has 0 aliphatic carbocycles. The first-order valence-electron chi connectivity index (χ1n) is 8.85. The van der Waals surface area contributed by atoms with Crippen LogP contribution in [0.3, 0.4) is 0 Å². The number of para-hydroxylation sites is 1. The first-order chi connectivity index (χ1) is 13.0. The van der Waals surface area contributed by atoms with E-state index < -0.39 is 0 Å². The summed E-state index contributed by atoms with van der Waals surface area (Å²) in [6.45, 7) is 2.34. The van der Waals surface area contributed by atoms with Crippen LogP contribution in [0.2, 0.25) is 5.02 Å². The Labute approximate surface area is 163 Å². The van der Waals surface area contributed by atoms with Gasteiger partial charge >= 0.3 is 0 Å². The van der Waals surface area contributed by atoms with Gasteiger partial charge in [-0.3, -0.25) is 9.59 Å². The summed E-state index contributed by atoms with van der Waals surface area (Å²) in [4.78, 5) is 29.0. The standard InChI is InChI=1S/C21H22ClN3O2/c1-15(26)25(11-10-16-12-23-20-9-5-3-7-18(16)20)14-21(27)24-13-17-6-2-4-8-19(17)22/h2-9,12,23H,10-11,13-14H2,1H3,(H,24,27). The van der Waals surface area contributed by atoms with E-state index in [0.29, 0.717) is 24.5 Å². The van der Waals surface area contributed by atoms with Gasteiger partial charge in [0.05, 0.1) is 6.54 Å². The quantitative estimate of drug-likeness (QED) is 0.655. The summed E-state index contributed by atoms with van der Waals surface area (Å²) in [6.07, 6.45) is 2.64. The highest BCUT2D eigenvalue weighted by Crippen LogP contribution is 2.18. The number of hydrogen-bond donors (Lipinski definition) is 2. The third-order valence-electron chi connectivity index (χ3n) is 4.54. The number of rotatable bonds is 7. The maximum absolute atomic E-state index is 12.3. The smallest absolute Gasteiger partial charge is 0.239 e. The molecule has 0 saturated heterocycles. The molecule has 0 aliphatic heterocycles. The molecule has 27 heavy (non-hydrogen) atoms. The van der Waals surface area contributed by atoms with E-state index in [4.69, 9.17) is 11.6 Å². The molecule has 6 heteroatoms. The fourth-order valence-electron chi connectivity index (χ4n) is 3.01. The minimum Gasteiger partial charge on any atom is -0.361 e. The number of aromatic amines is 1. The minimum atomic E-state index is -0.205. The van der Waals surface area contributed by atoms with E-state index in [1.165, 1.54) is 6.92 Å². The second-order valence-electron chi connectivity index (χ2n) is 6.42. The van der Waals surface area contributed by atoms with Gasteiger partial charge in [0, 0.05) is 42.1 Å². The summed E-state index contributed by atoms with van der Waals surface area (Å²) in [6, 6.07) is 15.4. The van der Waals surface area contributed by atoms with Gasteiger partial charge in [0.1, 0.15) is 0 Å². The SMILES string of the molecule is CC(=O)N(CCc1c[nH]c2ccccc12)CC(=O)NCc1ccccc1Cl. The maximum atomic E-state index is 12.3. The number of aromatic nitrogens is 1. The van der Waals surface area contributed by atoms with Crippen molar-refractivity contribution in [1.29, 1.82) is 0 Å². The Morgan fingerprint density at radius 2 is 1.81 bits per heavy atom. The molecule has 0 unspecified atom stereocenters. The zero-order valence-corrected chi connectivity index (χ0v) is 15.9. The molecule has 1 aromatic heterocycles. The van der Waals surface area contributed by atoms with Gasteiger partial charge < -0.3 is 15.2 Å². The zero-order valence-electron chi connectivity index (χ0n) is 15.2. The van der Waals surface area contributed by atoms with E-state index in [2.05, 4.69) is 16.4 Å². The maximum Gasteiger partial charge on any atom is 0.239 e. The fourth-order valence-corrected chi connectivity index (χ4v) is 3.21. The van der Waals surface area contributed by atoms with E-state index in [1.807, 2.05) is 42.6 Å². The Kier molecular flexibility index (Phi) is 6.14. The lowest BCUT2D eigenvalue weighted by atomic mass is 10.1. The lowest BCUT2D eigenvalue weighted by molar-refractivity contribution is -0.134. The molecule has 0 aliphatic rings. The Morgan fingerprint density at radius 1 is 1.07 bits per heavy atom. The van der Waals surface area contributed by atoms with Crippen molar-refractivity contribution in [2.24, 2.45) is 0 Å². The molecule has 2 amide bonds. The van der Waals surface area contributed by atoms with E-state index in [1.54, 1.807) is 11.0 Å². The van der Waals surface area contributed by atoms with Gasteiger partial charge in [-0.2, -0.15) is 0 Å². The monoisotopic (exact) mass is 383 g/mol. The predicted molar refractivity (Wildman–Crippen MR) is 108 cm³/mol. The summed E-state index contributed by atoms with van der Waals surface area (Å²) in [7, 11) is 0. The normalized spacial score (nSPS) is 10.7. The van der Waals surface area contributed by atoms with Crippen LogP contribution in [0, 0.1) is 0 Å². The number of hydrogen-bond acceptors (Lipinski definition) is 2. The van der Waals surface area contributed by atoms with Crippen molar-refractivity contribution in [3.8, 4) is 0 Å². The lowest BCUT2D eigenvalue weighted by Gasteiger charge is -2.20. The lowest BCUT2D eigenvalue weighted by Crippen LogP contribution is -2.40. The van der Waals surface area contributed by atoms with Gasteiger partial charge in [-0.25, -0.2) is 0 Å². The molecule has 0 bridgehead atoms. The first kappa shape index (κ1) is 19.0. The van der Waals surface area contributed by atoms with Crippen molar-refractivity contribution >= 4 is 34.3 Å². The summed E-state index contributed by atoms with van der Waals surface area (Å²) >= 11 is 6.10. The van der Waals surface area contributed by atoms with Crippen LogP contribution in [-0.4, -0.2) is 34.8 Å². The van der Waals surface area contributed by atoms with E-state index in [9.17, 15) is 9.59 Å². The minimum absolute atomic E-state index is 0.0299. The molecule has 5 nitrogen and oxygen atoms in total. The van der Waals surface area contributed by atoms with Gasteiger partial charge in [-0.15, -0.1) is 0 Å². The number of carbonyl (C=O) groups is 2. The number of halogens is 1. The molecule has 2 aromatic carbocycles. The van der Waals surface area contributed by atoms with Crippen molar-refractivity contribution in [2.45, 2.75) is 19.9 Å². The number of nitrogens with zero attached hydrogens (tertiary/aromatic N) is 1. The van der Waals surface area contributed by atoms with E-state index in [0.717, 1.165) is 22.0 Å². The summed E-state index contributed by atoms with van der Waals surface area (Å²) < 4.78 is 0. The molecule has 0 fully saturated rings. The summed E-state index contributed by atoms with van der Waals surface area (Å²) in [5.74, 6) is -0.327. The molecule has 0 spiro atoms. The number of amides is 2. The van der Waals surface area contributed by atoms with Gasteiger partial charge in [0.2, 0.25) is 11.8 Å². The van der Waals surface area contributed by atoms with Crippen LogP contribution in [0.4, 0.5) is 0 Å². The Morgan fingerprint density at radius 3 is 2.59 bits per heavy atom. The van der Waals surface area contributed by atoms with Crippen LogP contribution in [-0.2, 0) is 22.6 Å². The molecule has 0 atom stereocenters. The number of H-pyrrole nitrogens is 1. The van der Waals surface area contributed by atoms with Gasteiger partial charge in [-0.05, 0) is 29.7 Å². The highest BCUT2D eigenvalue weighted by molar-refractivity contribution is 6.31. The number of fused-ring (bicyclic) bond motifs is 1. The summed E-state index contributed by atoms with van der Waals surface area (Å²) in [5, 5.41) is 4.58. The molecule has 3 rings (SSSR count). The molecule has 140 valence electrons. The molecule has 2 N–H and O–H groups in total. The highest BCUT2D eigenvalue weighted by Gasteiger charge is 2.15. The first-order valence-corrected chi connectivity index (χ1v) is 9.23. The topological polar surface area (TPSA) is 65.2 Å². The second kappa shape index (κ2) is 8.73. The predicted octanol–water partition coefficient (Wildman–Crippen LogP) is 3.53. The second-order valence-corrected chi connectivity index (χ2v) is 6.83. The van der Waals surface area contributed by atoms with E-state index >= 15 is 0 Å². The number of carbonyl (C=O) groups excluding carboxylic acids is 2. The van der Waals surface area contributed by atoms with Gasteiger partial charge in [0.25, 0.3) is 0 Å². The van der Waals surface area contributed by atoms with E-state index in [-0.39, 0.29) is 18.4 Å². The molecular formula is C21H22ClN3O2. The fraction of sp³-hybridized carbons (Fsp3) is 0.238. The summed E-state index contributed by atoms with van der Waals surface area (Å²) in [5.41, 5.74) is 3.05. The third kappa shape index (κ3) is 4.89. The molecular weight excluding hydrogens is 362 g/mol. The number of benzene rings is 2. The van der Waals surface area contributed by atoms with Crippen molar-refractivity contribution < 1.29 is 9.59 Å². The molecule has 1 heterocycles. The van der Waals surface area contributed by atoms with Crippen LogP contribution in [0.15, 0.2) is 54.7 Å². The van der Waals surface area contributed by atoms with Crippen molar-refractivity contribution in [3.05, 3.63) is 70.9 Å². The van der Waals surface area contributed by atoms with Crippen molar-refractivity contribution in [2.75, 3.05) is 13.1 Å². The van der Waals surface area contributed by atoms with Crippen LogP contribution in [0.5, 0.6) is 0 Å². The third-order valence-corrected chi connectivity index (χ3v) is 4.91. The van der Waals surface area contributed by atoms with Crippen LogP contribution < -0.4 is 5.32 Å². The Balaban J connectivity index is 1.56. The molecule has 3 aromatic rings. The van der Waals surface area contributed by atoms with Crippen LogP contribution in [0.25, 0.3) is 10.9 Å². The average Bonchev–Trinajstić information content (AvgIpc) is 3.07.